The van der Waals surface area contributed by atoms with Crippen LogP contribution < -0.4 is 5.69 Å². The molecule has 0 bridgehead atoms. The Labute approximate surface area is 123 Å². The summed E-state index contributed by atoms with van der Waals surface area (Å²) < 4.78 is 2.49. The molecule has 0 spiro atoms. The summed E-state index contributed by atoms with van der Waals surface area (Å²) in [6, 6.07) is 9.17. The summed E-state index contributed by atoms with van der Waals surface area (Å²) in [4.78, 5) is 12.2. The normalized spacial score (nSPS) is 17.2. The van der Waals surface area contributed by atoms with Crippen LogP contribution in [-0.4, -0.2) is 31.0 Å². The summed E-state index contributed by atoms with van der Waals surface area (Å²) in [7, 11) is 0. The van der Waals surface area contributed by atoms with Crippen LogP contribution in [0.15, 0.2) is 35.1 Å². The molecule has 1 fully saturated rings. The highest BCUT2D eigenvalue weighted by Crippen LogP contribution is 2.28. The van der Waals surface area contributed by atoms with E-state index in [0.29, 0.717) is 11.6 Å². The third kappa shape index (κ3) is 3.21. The number of aliphatic hydroxyl groups excluding tert-OH is 1. The summed E-state index contributed by atoms with van der Waals surface area (Å²) >= 11 is 0. The molecule has 1 unspecified atom stereocenters. The molecule has 1 aromatic heterocycles. The van der Waals surface area contributed by atoms with E-state index >= 15 is 0 Å². The molecule has 3 rings (SSSR count). The van der Waals surface area contributed by atoms with E-state index in [0.717, 1.165) is 6.42 Å². The lowest BCUT2D eigenvalue weighted by Crippen LogP contribution is -2.29. The van der Waals surface area contributed by atoms with Crippen molar-refractivity contribution in [3.05, 3.63) is 40.8 Å². The maximum atomic E-state index is 12.2. The molecule has 1 aliphatic rings. The largest absolute Gasteiger partial charge is 0.391 e. The lowest BCUT2D eigenvalue weighted by Gasteiger charge is -2.14. The molecule has 1 atom stereocenters. The van der Waals surface area contributed by atoms with Crippen molar-refractivity contribution in [3.63, 3.8) is 0 Å². The third-order valence-corrected chi connectivity index (χ3v) is 4.10. The standard InChI is InChI=1S/C15H20N4O2/c20-14(10-12-6-4-5-7-12)11-18-15(21)19(17-16-18)13-8-2-1-3-9-13/h1-3,8-9,12,14,20H,4-7,10-11H2. The van der Waals surface area contributed by atoms with Gasteiger partial charge in [0.05, 0.1) is 18.3 Å². The minimum Gasteiger partial charge on any atom is -0.391 e. The highest BCUT2D eigenvalue weighted by Gasteiger charge is 2.20. The monoisotopic (exact) mass is 288 g/mol. The van der Waals surface area contributed by atoms with E-state index in [9.17, 15) is 9.90 Å². The number of aromatic nitrogens is 4. The van der Waals surface area contributed by atoms with E-state index in [1.807, 2.05) is 18.2 Å². The molecular weight excluding hydrogens is 268 g/mol. The Balaban J connectivity index is 1.69. The van der Waals surface area contributed by atoms with Gasteiger partial charge in [0.25, 0.3) is 0 Å². The number of hydrogen-bond donors (Lipinski definition) is 1. The molecule has 0 aliphatic heterocycles. The Bertz CT molecular complexity index is 629. The van der Waals surface area contributed by atoms with Gasteiger partial charge in [0.2, 0.25) is 0 Å². The van der Waals surface area contributed by atoms with E-state index in [1.165, 1.54) is 35.0 Å². The molecule has 6 nitrogen and oxygen atoms in total. The highest BCUT2D eigenvalue weighted by atomic mass is 16.3. The van der Waals surface area contributed by atoms with E-state index in [-0.39, 0.29) is 12.2 Å². The molecule has 112 valence electrons. The van der Waals surface area contributed by atoms with Crippen LogP contribution in [-0.2, 0) is 6.54 Å². The van der Waals surface area contributed by atoms with Crippen molar-refractivity contribution in [2.75, 3.05) is 0 Å². The lowest BCUT2D eigenvalue weighted by molar-refractivity contribution is 0.118. The number of nitrogens with zero attached hydrogens (tertiary/aromatic N) is 4. The van der Waals surface area contributed by atoms with Crippen LogP contribution in [0.25, 0.3) is 5.69 Å². The second-order valence-corrected chi connectivity index (χ2v) is 5.73. The van der Waals surface area contributed by atoms with Gasteiger partial charge in [-0.05, 0) is 34.9 Å². The fourth-order valence-electron chi connectivity index (χ4n) is 3.03. The van der Waals surface area contributed by atoms with Gasteiger partial charge in [-0.25, -0.2) is 4.79 Å². The van der Waals surface area contributed by atoms with Crippen LogP contribution >= 0.6 is 0 Å². The third-order valence-electron chi connectivity index (χ3n) is 4.10. The number of hydrogen-bond acceptors (Lipinski definition) is 4. The van der Waals surface area contributed by atoms with Gasteiger partial charge in [0, 0.05) is 0 Å². The summed E-state index contributed by atoms with van der Waals surface area (Å²) in [5, 5.41) is 17.9. The van der Waals surface area contributed by atoms with Gasteiger partial charge in [-0.2, -0.15) is 9.36 Å². The smallest absolute Gasteiger partial charge is 0.368 e. The molecule has 2 aromatic rings. The fraction of sp³-hybridized carbons (Fsp3) is 0.533. The second-order valence-electron chi connectivity index (χ2n) is 5.73. The van der Waals surface area contributed by atoms with Crippen molar-refractivity contribution < 1.29 is 5.11 Å². The summed E-state index contributed by atoms with van der Waals surface area (Å²) in [5.74, 6) is 0.583. The zero-order chi connectivity index (χ0) is 14.7. The average Bonchev–Trinajstić information content (AvgIpc) is 3.11. The summed E-state index contributed by atoms with van der Waals surface area (Å²) in [6.07, 6.45) is 5.07. The number of benzene rings is 1. The molecule has 0 saturated heterocycles. The molecule has 1 aliphatic carbocycles. The summed E-state index contributed by atoms with van der Waals surface area (Å²) in [6.45, 7) is 0.210. The Morgan fingerprint density at radius 2 is 1.90 bits per heavy atom. The zero-order valence-corrected chi connectivity index (χ0v) is 11.9. The van der Waals surface area contributed by atoms with Crippen LogP contribution in [0.2, 0.25) is 0 Å². The van der Waals surface area contributed by atoms with Gasteiger partial charge in [0.1, 0.15) is 0 Å². The minimum atomic E-state index is -0.535. The molecule has 0 amide bonds. The molecule has 21 heavy (non-hydrogen) atoms. The van der Waals surface area contributed by atoms with E-state index in [4.69, 9.17) is 0 Å². The number of tetrazole rings is 1. The number of aliphatic hydroxyl groups is 1. The highest BCUT2D eigenvalue weighted by molar-refractivity contribution is 5.28. The minimum absolute atomic E-state index is 0.210. The van der Waals surface area contributed by atoms with Gasteiger partial charge in [0.15, 0.2) is 0 Å². The first-order chi connectivity index (χ1) is 10.2. The SMILES string of the molecule is O=c1n(CC(O)CC2CCCC2)nnn1-c1ccccc1. The topological polar surface area (TPSA) is 72.9 Å². The van der Waals surface area contributed by atoms with Crippen molar-refractivity contribution in [2.24, 2.45) is 5.92 Å². The fourth-order valence-corrected chi connectivity index (χ4v) is 3.03. The second kappa shape index (κ2) is 6.22. The predicted molar refractivity (Wildman–Crippen MR) is 78.2 cm³/mol. The van der Waals surface area contributed by atoms with E-state index < -0.39 is 6.10 Å². The van der Waals surface area contributed by atoms with Crippen LogP contribution in [0, 0.1) is 5.92 Å². The van der Waals surface area contributed by atoms with Crippen molar-refractivity contribution in [3.8, 4) is 5.69 Å². The number of para-hydroxylation sites is 1. The quantitative estimate of drug-likeness (QED) is 0.902. The van der Waals surface area contributed by atoms with Crippen molar-refractivity contribution >= 4 is 0 Å². The average molecular weight is 288 g/mol. The molecule has 1 heterocycles. The maximum absolute atomic E-state index is 12.2. The molecule has 0 radical (unpaired) electrons. The van der Waals surface area contributed by atoms with Gasteiger partial charge in [-0.3, -0.25) is 0 Å². The Kier molecular flexibility index (Phi) is 4.15. The Morgan fingerprint density at radius 3 is 2.62 bits per heavy atom. The van der Waals surface area contributed by atoms with Gasteiger partial charge in [-0.1, -0.05) is 43.9 Å². The van der Waals surface area contributed by atoms with Crippen molar-refractivity contribution in [2.45, 2.75) is 44.8 Å². The molecule has 6 heteroatoms. The maximum Gasteiger partial charge on any atom is 0.368 e. The van der Waals surface area contributed by atoms with E-state index in [2.05, 4.69) is 10.4 Å². The Hall–Kier alpha value is -1.95. The van der Waals surface area contributed by atoms with Crippen molar-refractivity contribution in [1.82, 2.24) is 19.8 Å². The lowest BCUT2D eigenvalue weighted by atomic mass is 10.0. The number of rotatable bonds is 5. The summed E-state index contributed by atoms with van der Waals surface area (Å²) in [5.41, 5.74) is 0.366. The van der Waals surface area contributed by atoms with Gasteiger partial charge < -0.3 is 5.11 Å². The zero-order valence-electron chi connectivity index (χ0n) is 11.9. The first-order valence-corrected chi connectivity index (χ1v) is 7.50. The first kappa shape index (κ1) is 14.0. The molecule has 1 saturated carbocycles. The van der Waals surface area contributed by atoms with Gasteiger partial charge >= 0.3 is 5.69 Å². The van der Waals surface area contributed by atoms with E-state index in [1.54, 1.807) is 12.1 Å². The molecule has 1 aromatic carbocycles. The molecular formula is C15H20N4O2. The van der Waals surface area contributed by atoms with Crippen molar-refractivity contribution in [1.29, 1.82) is 0 Å². The van der Waals surface area contributed by atoms with Gasteiger partial charge in [-0.15, -0.1) is 0 Å². The van der Waals surface area contributed by atoms with Crippen LogP contribution in [0.3, 0.4) is 0 Å². The van der Waals surface area contributed by atoms with Crippen LogP contribution in [0.1, 0.15) is 32.1 Å². The Morgan fingerprint density at radius 1 is 1.19 bits per heavy atom. The first-order valence-electron chi connectivity index (χ1n) is 7.50. The van der Waals surface area contributed by atoms with Crippen LogP contribution in [0.4, 0.5) is 0 Å². The molecule has 1 N–H and O–H groups in total. The predicted octanol–water partition coefficient (Wildman–Crippen LogP) is 1.37. The van der Waals surface area contributed by atoms with Crippen LogP contribution in [0.5, 0.6) is 0 Å².